The van der Waals surface area contributed by atoms with E-state index in [2.05, 4.69) is 182 Å². The van der Waals surface area contributed by atoms with Gasteiger partial charge in [0.05, 0.1) is 0 Å². The van der Waals surface area contributed by atoms with Gasteiger partial charge in [-0.3, -0.25) is 4.79 Å². The van der Waals surface area contributed by atoms with E-state index in [0.717, 1.165) is 11.1 Å². The third kappa shape index (κ3) is 13.8. The van der Waals surface area contributed by atoms with Crippen LogP contribution in [0.3, 0.4) is 0 Å². The van der Waals surface area contributed by atoms with Gasteiger partial charge in [-0.05, 0) is 70.9 Å². The van der Waals surface area contributed by atoms with Gasteiger partial charge in [0, 0.05) is 20.4 Å². The van der Waals surface area contributed by atoms with Crippen LogP contribution >= 0.6 is 15.8 Å². The molecule has 8 aromatic rings. The molecule has 0 atom stereocenters. The topological polar surface area (TPSA) is 17.1 Å². The first-order chi connectivity index (χ1) is 27.7. The number of carbonyl (C=O) groups excluding carboxylic acids is 1. The van der Waals surface area contributed by atoms with Gasteiger partial charge in [-0.25, -0.2) is 0 Å². The summed E-state index contributed by atoms with van der Waals surface area (Å²) in [4.78, 5) is 11.6. The Kier molecular flexibility index (Phi) is 18.0. The molecule has 0 aromatic heterocycles. The molecule has 0 amide bonds. The van der Waals surface area contributed by atoms with Crippen molar-refractivity contribution >= 4 is 65.6 Å². The van der Waals surface area contributed by atoms with Crippen LogP contribution in [0.5, 0.6) is 0 Å². The molecular weight excluding hydrogens is 821 g/mol. The van der Waals surface area contributed by atoms with Gasteiger partial charge in [-0.15, -0.1) is 0 Å². The van der Waals surface area contributed by atoms with Crippen molar-refractivity contribution in [1.29, 1.82) is 0 Å². The van der Waals surface area contributed by atoms with Crippen molar-refractivity contribution in [3.05, 3.63) is 266 Å². The summed E-state index contributed by atoms with van der Waals surface area (Å²) in [6.45, 7) is 0. The molecule has 0 saturated carbocycles. The molecule has 57 heavy (non-hydrogen) atoms. The second-order valence-electron chi connectivity index (χ2n) is 12.6. The van der Waals surface area contributed by atoms with Gasteiger partial charge in [0.2, 0.25) is 0 Å². The molecular formula is C53H44OP2Pd. The zero-order chi connectivity index (χ0) is 38.5. The van der Waals surface area contributed by atoms with Crippen LogP contribution in [0, 0.1) is 0 Å². The van der Waals surface area contributed by atoms with Crippen LogP contribution in [0.25, 0.3) is 12.2 Å². The van der Waals surface area contributed by atoms with Crippen LogP contribution in [0.4, 0.5) is 0 Å². The van der Waals surface area contributed by atoms with Crippen LogP contribution in [0.15, 0.2) is 255 Å². The Hall–Kier alpha value is -5.57. The monoisotopic (exact) mass is 864 g/mol. The Morgan fingerprint density at radius 1 is 0.281 bits per heavy atom. The van der Waals surface area contributed by atoms with E-state index in [9.17, 15) is 4.79 Å². The molecule has 0 fully saturated rings. The van der Waals surface area contributed by atoms with E-state index >= 15 is 0 Å². The van der Waals surface area contributed by atoms with Crippen molar-refractivity contribution < 1.29 is 25.2 Å². The quantitative estimate of drug-likeness (QED) is 0.0761. The Bertz CT molecular complexity index is 1980. The summed E-state index contributed by atoms with van der Waals surface area (Å²) >= 11 is 0. The van der Waals surface area contributed by atoms with E-state index < -0.39 is 15.8 Å². The summed E-state index contributed by atoms with van der Waals surface area (Å²) < 4.78 is 0. The predicted molar refractivity (Wildman–Crippen MR) is 246 cm³/mol. The first-order valence-corrected chi connectivity index (χ1v) is 21.3. The molecule has 0 spiro atoms. The summed E-state index contributed by atoms with van der Waals surface area (Å²) in [5, 5.41) is 8.39. The van der Waals surface area contributed by atoms with Crippen LogP contribution in [-0.2, 0) is 25.2 Å². The molecule has 8 rings (SSSR count). The SMILES string of the molecule is O=C(/C=C\c1ccccc1)/C=C/c1ccccc1.[Pd].c1ccc(P(c2ccccc2)c2ccccc2)cc1.c1ccc(P(c2ccccc2)c2ccccc2)cc1. The second-order valence-corrected chi connectivity index (χ2v) is 17.0. The van der Waals surface area contributed by atoms with E-state index in [1.54, 1.807) is 12.2 Å². The second kappa shape index (κ2) is 24.2. The summed E-state index contributed by atoms with van der Waals surface area (Å²) in [5.74, 6) is -0.0114. The first-order valence-electron chi connectivity index (χ1n) is 18.7. The number of ketones is 1. The molecule has 0 saturated heterocycles. The number of allylic oxidation sites excluding steroid dienone is 2. The van der Waals surface area contributed by atoms with Crippen molar-refractivity contribution in [3.8, 4) is 0 Å². The Morgan fingerprint density at radius 3 is 0.649 bits per heavy atom. The summed E-state index contributed by atoms with van der Waals surface area (Å²) in [5.41, 5.74) is 2.05. The molecule has 0 bridgehead atoms. The van der Waals surface area contributed by atoms with Gasteiger partial charge in [0.1, 0.15) is 0 Å². The first kappa shape index (κ1) is 42.6. The molecule has 0 unspecified atom stereocenters. The third-order valence-electron chi connectivity index (χ3n) is 8.57. The number of hydrogen-bond acceptors (Lipinski definition) is 1. The van der Waals surface area contributed by atoms with Gasteiger partial charge >= 0.3 is 0 Å². The maximum atomic E-state index is 11.6. The summed E-state index contributed by atoms with van der Waals surface area (Å²) in [6, 6.07) is 84.2. The molecule has 0 heterocycles. The molecule has 0 radical (unpaired) electrons. The minimum absolute atomic E-state index is 0. The van der Waals surface area contributed by atoms with Crippen LogP contribution in [0.1, 0.15) is 11.1 Å². The van der Waals surface area contributed by atoms with Gasteiger partial charge in [0.15, 0.2) is 5.78 Å². The fraction of sp³-hybridized carbons (Fsp3) is 0. The van der Waals surface area contributed by atoms with Crippen molar-refractivity contribution in [2.75, 3.05) is 0 Å². The average molecular weight is 865 g/mol. The Morgan fingerprint density at radius 2 is 0.456 bits per heavy atom. The van der Waals surface area contributed by atoms with E-state index in [4.69, 9.17) is 0 Å². The summed E-state index contributed by atoms with van der Waals surface area (Å²) in [6.07, 6.45) is 6.79. The van der Waals surface area contributed by atoms with Crippen molar-refractivity contribution in [2.24, 2.45) is 0 Å². The number of carbonyl (C=O) groups is 1. The fourth-order valence-electron chi connectivity index (χ4n) is 5.90. The zero-order valence-corrected chi connectivity index (χ0v) is 34.9. The summed E-state index contributed by atoms with van der Waals surface area (Å²) in [7, 11) is -0.892. The smallest absolute Gasteiger partial charge is 0.178 e. The largest absolute Gasteiger partial charge is 0.290 e. The minimum atomic E-state index is -0.446. The molecule has 0 aliphatic rings. The molecule has 8 aromatic carbocycles. The predicted octanol–water partition coefficient (Wildman–Crippen LogP) is 10.9. The van der Waals surface area contributed by atoms with Gasteiger partial charge in [0.25, 0.3) is 0 Å². The van der Waals surface area contributed by atoms with Crippen molar-refractivity contribution in [2.45, 2.75) is 0 Å². The van der Waals surface area contributed by atoms with E-state index in [-0.39, 0.29) is 26.2 Å². The van der Waals surface area contributed by atoms with E-state index in [1.165, 1.54) is 31.8 Å². The van der Waals surface area contributed by atoms with Crippen LogP contribution in [0.2, 0.25) is 0 Å². The molecule has 1 nitrogen and oxygen atoms in total. The van der Waals surface area contributed by atoms with Crippen LogP contribution < -0.4 is 31.8 Å². The average Bonchev–Trinajstić information content (AvgIpc) is 3.29. The molecule has 282 valence electrons. The minimum Gasteiger partial charge on any atom is -0.290 e. The third-order valence-corrected chi connectivity index (χ3v) is 13.5. The van der Waals surface area contributed by atoms with Gasteiger partial charge < -0.3 is 0 Å². The van der Waals surface area contributed by atoms with Gasteiger partial charge in [-0.1, -0.05) is 255 Å². The molecule has 0 aliphatic carbocycles. The number of benzene rings is 8. The van der Waals surface area contributed by atoms with E-state index in [0.29, 0.717) is 0 Å². The Balaban J connectivity index is 0.000000162. The maximum Gasteiger partial charge on any atom is 0.178 e. The van der Waals surface area contributed by atoms with Crippen molar-refractivity contribution in [3.63, 3.8) is 0 Å². The maximum absolute atomic E-state index is 11.6. The zero-order valence-electron chi connectivity index (χ0n) is 31.5. The fourth-order valence-corrected chi connectivity index (χ4v) is 10.5. The molecule has 0 N–H and O–H groups in total. The Labute approximate surface area is 354 Å². The van der Waals surface area contributed by atoms with E-state index in [1.807, 2.05) is 72.8 Å². The standard InChI is InChI=1S/2C18H15P.C17H14O.Pd/c2*1-4-10-16(11-5-1)19(17-12-6-2-7-13-17)18-14-8-3-9-15-18;18-17(13-11-15-7-3-1-4-8-15)14-12-16-9-5-2-6-10-16;/h2*1-15H;1-14H;/b;;13-11-,14-12+;. The normalized spacial score (nSPS) is 10.6. The van der Waals surface area contributed by atoms with Crippen molar-refractivity contribution in [1.82, 2.24) is 0 Å². The number of hydrogen-bond donors (Lipinski definition) is 0. The molecule has 0 aliphatic heterocycles. The van der Waals surface area contributed by atoms with Crippen LogP contribution in [-0.4, -0.2) is 5.78 Å². The molecule has 4 heteroatoms. The van der Waals surface area contributed by atoms with Gasteiger partial charge in [-0.2, -0.15) is 0 Å². The number of rotatable bonds is 10.